The van der Waals surface area contributed by atoms with E-state index >= 15 is 0 Å². The first-order chi connectivity index (χ1) is 11.7. The van der Waals surface area contributed by atoms with Crippen LogP contribution >= 0.6 is 11.6 Å². The lowest BCUT2D eigenvalue weighted by Crippen LogP contribution is -2.38. The maximum atomic E-state index is 14.9. The zero-order valence-electron chi connectivity index (χ0n) is 13.8. The molecule has 0 amide bonds. The molecule has 3 heterocycles. The van der Waals surface area contributed by atoms with Gasteiger partial charge in [0.1, 0.15) is 5.52 Å². The van der Waals surface area contributed by atoms with Crippen LogP contribution in [0.5, 0.6) is 0 Å². The molecule has 0 saturated carbocycles. The Bertz CT molecular complexity index is 722. The monoisotopic (exact) mass is 347 g/mol. The second-order valence-corrected chi connectivity index (χ2v) is 7.43. The number of aromatic nitrogens is 1. The van der Waals surface area contributed by atoms with E-state index < -0.39 is 0 Å². The minimum absolute atomic E-state index is 0.243. The van der Waals surface area contributed by atoms with Crippen LogP contribution in [0.3, 0.4) is 0 Å². The van der Waals surface area contributed by atoms with Gasteiger partial charge in [-0.3, -0.25) is 4.98 Å². The second-order valence-electron chi connectivity index (χ2n) is 7.03. The van der Waals surface area contributed by atoms with Crippen molar-refractivity contribution < 1.29 is 4.39 Å². The molecule has 0 spiro atoms. The van der Waals surface area contributed by atoms with E-state index in [0.29, 0.717) is 21.6 Å². The van der Waals surface area contributed by atoms with E-state index in [-0.39, 0.29) is 5.82 Å². The minimum Gasteiger partial charge on any atom is -0.369 e. The largest absolute Gasteiger partial charge is 0.369 e. The van der Waals surface area contributed by atoms with Crippen LogP contribution in [0.2, 0.25) is 5.02 Å². The first-order valence-electron chi connectivity index (χ1n) is 8.92. The lowest BCUT2D eigenvalue weighted by molar-refractivity contribution is 0.249. The van der Waals surface area contributed by atoms with Gasteiger partial charge in [0.15, 0.2) is 5.82 Å². The van der Waals surface area contributed by atoms with Crippen LogP contribution in [0.15, 0.2) is 24.4 Å². The van der Waals surface area contributed by atoms with Crippen LogP contribution < -0.4 is 4.90 Å². The Labute approximate surface area is 147 Å². The van der Waals surface area contributed by atoms with Crippen molar-refractivity contribution in [1.29, 1.82) is 0 Å². The molecule has 128 valence electrons. The fourth-order valence-corrected chi connectivity index (χ4v) is 4.28. The van der Waals surface area contributed by atoms with E-state index in [1.165, 1.54) is 32.5 Å². The first-order valence-corrected chi connectivity index (χ1v) is 9.30. The van der Waals surface area contributed by atoms with Crippen LogP contribution in [0, 0.1) is 11.7 Å². The van der Waals surface area contributed by atoms with Gasteiger partial charge in [0, 0.05) is 31.2 Å². The number of benzene rings is 1. The molecule has 0 radical (unpaired) electrons. The summed E-state index contributed by atoms with van der Waals surface area (Å²) in [7, 11) is 0. The SMILES string of the molecule is Fc1c(N2CCC(CN3CCCC3)CC2)ccc2c(Cl)ccnc12. The molecule has 0 unspecified atom stereocenters. The van der Waals surface area contributed by atoms with Crippen molar-refractivity contribution in [2.24, 2.45) is 5.92 Å². The Morgan fingerprint density at radius 2 is 1.83 bits per heavy atom. The molecule has 2 aliphatic heterocycles. The van der Waals surface area contributed by atoms with Gasteiger partial charge in [0.2, 0.25) is 0 Å². The molecule has 4 rings (SSSR count). The van der Waals surface area contributed by atoms with E-state index in [9.17, 15) is 4.39 Å². The maximum Gasteiger partial charge on any atom is 0.172 e. The van der Waals surface area contributed by atoms with Gasteiger partial charge in [-0.05, 0) is 62.9 Å². The Hall–Kier alpha value is -1.39. The smallest absolute Gasteiger partial charge is 0.172 e. The lowest BCUT2D eigenvalue weighted by atomic mass is 9.95. The first kappa shape index (κ1) is 16.1. The third-order valence-electron chi connectivity index (χ3n) is 5.45. The van der Waals surface area contributed by atoms with Gasteiger partial charge in [0.25, 0.3) is 0 Å². The van der Waals surface area contributed by atoms with E-state index in [1.54, 1.807) is 12.3 Å². The minimum atomic E-state index is -0.243. The highest BCUT2D eigenvalue weighted by atomic mass is 35.5. The molecule has 24 heavy (non-hydrogen) atoms. The number of nitrogens with zero attached hydrogens (tertiary/aromatic N) is 3. The van der Waals surface area contributed by atoms with Crippen LogP contribution in [0.25, 0.3) is 10.9 Å². The quantitative estimate of drug-likeness (QED) is 0.823. The van der Waals surface area contributed by atoms with E-state index in [0.717, 1.165) is 31.8 Å². The molecule has 2 aliphatic rings. The van der Waals surface area contributed by atoms with E-state index in [4.69, 9.17) is 11.6 Å². The molecule has 2 saturated heterocycles. The summed E-state index contributed by atoms with van der Waals surface area (Å²) in [5.41, 5.74) is 1.04. The highest BCUT2D eigenvalue weighted by Gasteiger charge is 2.25. The average Bonchev–Trinajstić information content (AvgIpc) is 3.10. The number of fused-ring (bicyclic) bond motifs is 1. The van der Waals surface area contributed by atoms with E-state index in [1.807, 2.05) is 12.1 Å². The summed E-state index contributed by atoms with van der Waals surface area (Å²) in [5.74, 6) is 0.503. The molecule has 0 N–H and O–H groups in total. The van der Waals surface area contributed by atoms with Crippen molar-refractivity contribution in [3.05, 3.63) is 35.2 Å². The summed E-state index contributed by atoms with van der Waals surface area (Å²) in [6.07, 6.45) is 6.53. The lowest BCUT2D eigenvalue weighted by Gasteiger charge is -2.35. The fourth-order valence-electron chi connectivity index (χ4n) is 4.07. The van der Waals surface area contributed by atoms with Gasteiger partial charge in [-0.2, -0.15) is 0 Å². The Morgan fingerprint density at radius 3 is 2.58 bits per heavy atom. The number of hydrogen-bond donors (Lipinski definition) is 0. The Balaban J connectivity index is 1.47. The Kier molecular flexibility index (Phi) is 4.59. The van der Waals surface area contributed by atoms with Crippen LogP contribution in [0.1, 0.15) is 25.7 Å². The number of piperidine rings is 1. The number of halogens is 2. The summed E-state index contributed by atoms with van der Waals surface area (Å²) < 4.78 is 14.9. The van der Waals surface area contributed by atoms with Crippen LogP contribution in [-0.4, -0.2) is 42.6 Å². The molecular weight excluding hydrogens is 325 g/mol. The number of pyridine rings is 1. The molecule has 0 atom stereocenters. The molecule has 3 nitrogen and oxygen atoms in total. The summed E-state index contributed by atoms with van der Waals surface area (Å²) >= 11 is 6.14. The predicted molar refractivity (Wildman–Crippen MR) is 97.3 cm³/mol. The van der Waals surface area contributed by atoms with E-state index in [2.05, 4.69) is 14.8 Å². The van der Waals surface area contributed by atoms with Gasteiger partial charge in [-0.25, -0.2) is 4.39 Å². The Morgan fingerprint density at radius 1 is 1.08 bits per heavy atom. The van der Waals surface area contributed by atoms with Gasteiger partial charge < -0.3 is 9.80 Å². The fraction of sp³-hybridized carbons (Fsp3) is 0.526. The van der Waals surface area contributed by atoms with Crippen molar-refractivity contribution in [1.82, 2.24) is 9.88 Å². The van der Waals surface area contributed by atoms with Crippen molar-refractivity contribution in [3.8, 4) is 0 Å². The molecule has 0 bridgehead atoms. The molecular formula is C19H23ClFN3. The van der Waals surface area contributed by atoms with Gasteiger partial charge in [0.05, 0.1) is 10.7 Å². The predicted octanol–water partition coefficient (Wildman–Crippen LogP) is 4.34. The van der Waals surface area contributed by atoms with Gasteiger partial charge in [-0.1, -0.05) is 11.6 Å². The zero-order chi connectivity index (χ0) is 16.5. The second kappa shape index (κ2) is 6.85. The molecule has 0 aliphatic carbocycles. The number of rotatable bonds is 3. The molecule has 1 aromatic heterocycles. The summed E-state index contributed by atoms with van der Waals surface area (Å²) in [4.78, 5) is 8.94. The van der Waals surface area contributed by atoms with Crippen molar-refractivity contribution in [3.63, 3.8) is 0 Å². The zero-order valence-corrected chi connectivity index (χ0v) is 14.6. The highest BCUT2D eigenvalue weighted by Crippen LogP contribution is 2.32. The molecule has 2 aromatic rings. The summed E-state index contributed by atoms with van der Waals surface area (Å²) in [6.45, 7) is 5.56. The topological polar surface area (TPSA) is 19.4 Å². The number of hydrogen-bond acceptors (Lipinski definition) is 3. The van der Waals surface area contributed by atoms with Crippen molar-refractivity contribution >= 4 is 28.2 Å². The summed E-state index contributed by atoms with van der Waals surface area (Å²) in [6, 6.07) is 5.44. The van der Waals surface area contributed by atoms with Gasteiger partial charge >= 0.3 is 0 Å². The van der Waals surface area contributed by atoms with Crippen LogP contribution in [-0.2, 0) is 0 Å². The summed E-state index contributed by atoms with van der Waals surface area (Å²) in [5, 5.41) is 1.24. The normalized spacial score (nSPS) is 20.2. The average molecular weight is 348 g/mol. The maximum absolute atomic E-state index is 14.9. The molecule has 1 aromatic carbocycles. The molecule has 2 fully saturated rings. The van der Waals surface area contributed by atoms with Crippen LogP contribution in [0.4, 0.5) is 10.1 Å². The standard InChI is InChI=1S/C19H23ClFN3/c20-16-5-8-22-19-15(16)3-4-17(18(19)21)24-11-6-14(7-12-24)13-23-9-1-2-10-23/h3-5,8,14H,1-2,6-7,9-13H2. The number of anilines is 1. The third-order valence-corrected chi connectivity index (χ3v) is 5.78. The highest BCUT2D eigenvalue weighted by molar-refractivity contribution is 6.35. The van der Waals surface area contributed by atoms with Gasteiger partial charge in [-0.15, -0.1) is 0 Å². The van der Waals surface area contributed by atoms with Crippen molar-refractivity contribution in [2.75, 3.05) is 37.6 Å². The molecule has 5 heteroatoms. The third kappa shape index (κ3) is 3.09. The number of likely N-dealkylation sites (tertiary alicyclic amines) is 1. The van der Waals surface area contributed by atoms with Crippen molar-refractivity contribution in [2.45, 2.75) is 25.7 Å².